The van der Waals surface area contributed by atoms with E-state index in [4.69, 9.17) is 0 Å². The van der Waals surface area contributed by atoms with Crippen molar-refractivity contribution in [2.75, 3.05) is 38.6 Å². The van der Waals surface area contributed by atoms with Crippen molar-refractivity contribution in [2.24, 2.45) is 5.41 Å². The number of amides is 1. The summed E-state index contributed by atoms with van der Waals surface area (Å²) in [4.78, 5) is 15.0. The summed E-state index contributed by atoms with van der Waals surface area (Å²) in [7, 11) is 0.555. The van der Waals surface area contributed by atoms with E-state index >= 15 is 0 Å². The van der Waals surface area contributed by atoms with Gasteiger partial charge in [-0.1, -0.05) is 13.8 Å². The molecule has 134 valence electrons. The molecule has 2 N–H and O–H groups in total. The molecule has 0 spiro atoms. The molecule has 2 rings (SSSR count). The number of quaternary nitrogens is 1. The highest BCUT2D eigenvalue weighted by atomic mass is 32.2. The largest absolute Gasteiger partial charge is 0.339 e. The van der Waals surface area contributed by atoms with Gasteiger partial charge in [0.2, 0.25) is 15.9 Å². The molecule has 1 heterocycles. The quantitative estimate of drug-likeness (QED) is 0.738. The van der Waals surface area contributed by atoms with Crippen LogP contribution in [0.15, 0.2) is 29.2 Å². The van der Waals surface area contributed by atoms with Crippen molar-refractivity contribution in [1.82, 2.24) is 4.72 Å². The third kappa shape index (κ3) is 4.78. The van der Waals surface area contributed by atoms with Crippen molar-refractivity contribution in [3.8, 4) is 0 Å². The Balaban J connectivity index is 2.05. The molecule has 0 saturated carbocycles. The fourth-order valence-corrected chi connectivity index (χ4v) is 4.36. The second kappa shape index (κ2) is 7.21. The normalized spacial score (nSPS) is 16.2. The lowest BCUT2D eigenvalue weighted by molar-refractivity contribution is -0.865. The minimum Gasteiger partial charge on any atom is -0.339 e. The minimum atomic E-state index is -3.55. The molecule has 24 heavy (non-hydrogen) atoms. The van der Waals surface area contributed by atoms with Crippen LogP contribution in [0.1, 0.15) is 26.7 Å². The number of hydrogen-bond donors (Lipinski definition) is 2. The van der Waals surface area contributed by atoms with Crippen molar-refractivity contribution in [2.45, 2.75) is 31.6 Å². The van der Waals surface area contributed by atoms with Crippen molar-refractivity contribution in [1.29, 1.82) is 0 Å². The van der Waals surface area contributed by atoms with Crippen LogP contribution in [-0.4, -0.2) is 48.1 Å². The minimum absolute atomic E-state index is 0.0941. The third-order valence-corrected chi connectivity index (χ3v) is 5.52. The number of anilines is 1. The molecule has 0 unspecified atom stereocenters. The fourth-order valence-electron chi connectivity index (χ4n) is 3.12. The molecule has 1 aliphatic rings. The van der Waals surface area contributed by atoms with Gasteiger partial charge in [-0.3, -0.25) is 4.79 Å². The zero-order valence-electron chi connectivity index (χ0n) is 14.9. The first-order chi connectivity index (χ1) is 11.1. The summed E-state index contributed by atoms with van der Waals surface area (Å²) in [5.41, 5.74) is 0.626. The van der Waals surface area contributed by atoms with Crippen LogP contribution in [0.2, 0.25) is 0 Å². The summed E-state index contributed by atoms with van der Waals surface area (Å²) in [6.45, 7) is 6.04. The van der Waals surface area contributed by atoms with Gasteiger partial charge in [0.25, 0.3) is 0 Å². The molecule has 1 aromatic rings. The van der Waals surface area contributed by atoms with Gasteiger partial charge >= 0.3 is 0 Å². The number of nitrogens with zero attached hydrogens (tertiary/aromatic N) is 1. The number of carbonyl (C=O) groups excluding carboxylic acids is 1. The summed E-state index contributed by atoms with van der Waals surface area (Å²) < 4.78 is 27.6. The van der Waals surface area contributed by atoms with Gasteiger partial charge < -0.3 is 9.80 Å². The molecule has 7 heteroatoms. The van der Waals surface area contributed by atoms with E-state index in [-0.39, 0.29) is 16.2 Å². The second-order valence-corrected chi connectivity index (χ2v) is 9.28. The Bertz CT molecular complexity index is 682. The molecular weight excluding hydrogens is 326 g/mol. The molecule has 0 aliphatic carbocycles. The highest BCUT2D eigenvalue weighted by Gasteiger charge is 2.26. The van der Waals surface area contributed by atoms with Gasteiger partial charge in [0.15, 0.2) is 0 Å². The van der Waals surface area contributed by atoms with Crippen LogP contribution in [0.25, 0.3) is 0 Å². The average molecular weight is 354 g/mol. The number of rotatable bonds is 7. The predicted molar refractivity (Wildman–Crippen MR) is 94.7 cm³/mol. The number of sulfonamides is 1. The summed E-state index contributed by atoms with van der Waals surface area (Å²) in [5.74, 6) is 0.0941. The van der Waals surface area contributed by atoms with Crippen LogP contribution in [0.5, 0.6) is 0 Å². The lowest BCUT2D eigenvalue weighted by Gasteiger charge is -2.26. The number of hydrogen-bond acceptors (Lipinski definition) is 3. The maximum absolute atomic E-state index is 12.5. The topological polar surface area (TPSA) is 70.9 Å². The molecule has 1 aliphatic heterocycles. The number of carbonyl (C=O) groups is 1. The Kier molecular flexibility index (Phi) is 5.67. The zero-order chi connectivity index (χ0) is 18.0. The predicted octanol–water partition coefficient (Wildman–Crippen LogP) is 0.262. The standard InChI is InChI=1S/C17H27N3O3S/c1-17(2,13-19(3)4)12-18-24(22,23)15-9-7-14(8-10-15)20-11-5-6-16(20)21/h7-10,18H,5-6,11-13H2,1-4H3/p+1. The Hall–Kier alpha value is -1.44. The highest BCUT2D eigenvalue weighted by Crippen LogP contribution is 2.23. The lowest BCUT2D eigenvalue weighted by Crippen LogP contribution is -3.07. The van der Waals surface area contributed by atoms with Gasteiger partial charge in [0.05, 0.1) is 25.5 Å². The van der Waals surface area contributed by atoms with Gasteiger partial charge in [0, 0.05) is 30.6 Å². The van der Waals surface area contributed by atoms with Gasteiger partial charge in [-0.2, -0.15) is 0 Å². The summed E-state index contributed by atoms with van der Waals surface area (Å²) >= 11 is 0. The monoisotopic (exact) mass is 354 g/mol. The van der Waals surface area contributed by atoms with E-state index in [2.05, 4.69) is 18.8 Å². The van der Waals surface area contributed by atoms with Crippen LogP contribution >= 0.6 is 0 Å². The van der Waals surface area contributed by atoms with E-state index in [1.165, 1.54) is 4.90 Å². The van der Waals surface area contributed by atoms with Gasteiger partial charge in [-0.25, -0.2) is 13.1 Å². The Morgan fingerprint density at radius 2 is 1.83 bits per heavy atom. The number of benzene rings is 1. The summed E-state index contributed by atoms with van der Waals surface area (Å²) in [6, 6.07) is 6.53. The smallest absolute Gasteiger partial charge is 0.240 e. The third-order valence-electron chi connectivity index (χ3n) is 4.10. The van der Waals surface area contributed by atoms with E-state index < -0.39 is 10.0 Å². The maximum atomic E-state index is 12.5. The van der Waals surface area contributed by atoms with Crippen molar-refractivity contribution in [3.63, 3.8) is 0 Å². The van der Waals surface area contributed by atoms with Gasteiger partial charge in [-0.05, 0) is 30.7 Å². The van der Waals surface area contributed by atoms with Crippen LogP contribution in [0.4, 0.5) is 5.69 Å². The lowest BCUT2D eigenvalue weighted by atomic mass is 9.93. The highest BCUT2D eigenvalue weighted by molar-refractivity contribution is 7.89. The molecule has 1 fully saturated rings. The van der Waals surface area contributed by atoms with E-state index in [1.807, 2.05) is 13.8 Å². The number of nitrogens with one attached hydrogen (secondary N) is 2. The van der Waals surface area contributed by atoms with E-state index in [0.717, 1.165) is 18.7 Å². The van der Waals surface area contributed by atoms with E-state index in [9.17, 15) is 13.2 Å². The molecule has 0 radical (unpaired) electrons. The Morgan fingerprint density at radius 1 is 1.21 bits per heavy atom. The SMILES string of the molecule is C[NH+](C)CC(C)(C)CNS(=O)(=O)c1ccc(N2CCCC2=O)cc1. The van der Waals surface area contributed by atoms with Gasteiger partial charge in [-0.15, -0.1) is 0 Å². The van der Waals surface area contributed by atoms with Crippen molar-refractivity contribution in [3.05, 3.63) is 24.3 Å². The van der Waals surface area contributed by atoms with Crippen LogP contribution < -0.4 is 14.5 Å². The molecule has 1 aromatic carbocycles. The molecule has 1 amide bonds. The second-order valence-electron chi connectivity index (χ2n) is 7.52. The molecule has 0 bridgehead atoms. The first-order valence-corrected chi connectivity index (χ1v) is 9.78. The van der Waals surface area contributed by atoms with Crippen molar-refractivity contribution >= 4 is 21.6 Å². The van der Waals surface area contributed by atoms with E-state index in [0.29, 0.717) is 19.5 Å². The Morgan fingerprint density at radius 3 is 2.33 bits per heavy atom. The average Bonchev–Trinajstić information content (AvgIpc) is 2.91. The molecule has 0 atom stereocenters. The summed E-state index contributed by atoms with van der Waals surface area (Å²) in [5, 5.41) is 0. The van der Waals surface area contributed by atoms with E-state index in [1.54, 1.807) is 29.2 Å². The van der Waals surface area contributed by atoms with Crippen LogP contribution in [0, 0.1) is 5.41 Å². The zero-order valence-corrected chi connectivity index (χ0v) is 15.7. The van der Waals surface area contributed by atoms with Gasteiger partial charge in [0.1, 0.15) is 0 Å². The Labute approximate surface area is 144 Å². The van der Waals surface area contributed by atoms with Crippen LogP contribution in [-0.2, 0) is 14.8 Å². The first kappa shape index (κ1) is 18.9. The molecular formula is C17H28N3O3S+. The summed E-state index contributed by atoms with van der Waals surface area (Å²) in [6.07, 6.45) is 1.41. The molecule has 1 saturated heterocycles. The van der Waals surface area contributed by atoms with Crippen molar-refractivity contribution < 1.29 is 18.1 Å². The fraction of sp³-hybridized carbons (Fsp3) is 0.588. The van der Waals surface area contributed by atoms with Crippen LogP contribution in [0.3, 0.4) is 0 Å². The molecule has 6 nitrogen and oxygen atoms in total. The maximum Gasteiger partial charge on any atom is 0.240 e. The molecule has 0 aromatic heterocycles. The first-order valence-electron chi connectivity index (χ1n) is 8.30.